The van der Waals surface area contributed by atoms with Crippen LogP contribution in [0, 0.1) is 0 Å². The number of thioether (sulfide) groups is 1. The molecule has 0 N–H and O–H groups in total. The lowest BCUT2D eigenvalue weighted by molar-refractivity contribution is -0.158. The molecule has 3 rings (SSSR count). The van der Waals surface area contributed by atoms with Crippen LogP contribution in [-0.2, 0) is 15.0 Å². The molecule has 1 saturated heterocycles. The Morgan fingerprint density at radius 2 is 1.82 bits per heavy atom. The van der Waals surface area contributed by atoms with E-state index >= 15 is 0 Å². The molecule has 118 valence electrons. The SMILES string of the molecule is CCSCC(=O)N1CCCN1C(=O)C1(c2ccccc2)CC1. The molecule has 4 nitrogen and oxygen atoms in total. The number of carbonyl (C=O) groups excluding carboxylic acids is 2. The monoisotopic (exact) mass is 318 g/mol. The van der Waals surface area contributed by atoms with Gasteiger partial charge in [0.2, 0.25) is 0 Å². The van der Waals surface area contributed by atoms with Gasteiger partial charge in [0, 0.05) is 13.1 Å². The largest absolute Gasteiger partial charge is 0.272 e. The van der Waals surface area contributed by atoms with Gasteiger partial charge in [0.25, 0.3) is 11.8 Å². The minimum atomic E-state index is -0.387. The van der Waals surface area contributed by atoms with E-state index in [4.69, 9.17) is 0 Å². The fraction of sp³-hybridized carbons (Fsp3) is 0.529. The second-order valence-corrected chi connectivity index (χ2v) is 7.16. The summed E-state index contributed by atoms with van der Waals surface area (Å²) in [6, 6.07) is 9.98. The molecule has 1 heterocycles. The van der Waals surface area contributed by atoms with E-state index in [1.54, 1.807) is 21.8 Å². The molecule has 0 bridgehead atoms. The van der Waals surface area contributed by atoms with Crippen molar-refractivity contribution < 1.29 is 9.59 Å². The van der Waals surface area contributed by atoms with Crippen LogP contribution in [0.5, 0.6) is 0 Å². The topological polar surface area (TPSA) is 40.6 Å². The third-order valence-corrected chi connectivity index (χ3v) is 5.33. The molecule has 2 aliphatic rings. The number of hydrogen-bond acceptors (Lipinski definition) is 3. The molecule has 0 aromatic heterocycles. The van der Waals surface area contributed by atoms with Crippen molar-refractivity contribution >= 4 is 23.6 Å². The Morgan fingerprint density at radius 3 is 2.45 bits per heavy atom. The maximum absolute atomic E-state index is 13.0. The van der Waals surface area contributed by atoms with Crippen molar-refractivity contribution in [1.82, 2.24) is 10.0 Å². The van der Waals surface area contributed by atoms with Gasteiger partial charge in [-0.25, -0.2) is 0 Å². The number of benzene rings is 1. The highest BCUT2D eigenvalue weighted by Crippen LogP contribution is 2.50. The van der Waals surface area contributed by atoms with Crippen LogP contribution in [0.2, 0.25) is 0 Å². The molecule has 2 amide bonds. The smallest absolute Gasteiger partial charge is 0.251 e. The number of hydrogen-bond donors (Lipinski definition) is 0. The van der Waals surface area contributed by atoms with Crippen LogP contribution in [0.25, 0.3) is 0 Å². The second kappa shape index (κ2) is 6.32. The van der Waals surface area contributed by atoms with Gasteiger partial charge in [0.1, 0.15) is 0 Å². The molecule has 0 radical (unpaired) electrons. The zero-order valence-corrected chi connectivity index (χ0v) is 13.8. The number of amides is 2. The molecule has 0 atom stereocenters. The summed E-state index contributed by atoms with van der Waals surface area (Å²) in [6.45, 7) is 3.37. The van der Waals surface area contributed by atoms with Crippen molar-refractivity contribution in [3.05, 3.63) is 35.9 Å². The summed E-state index contributed by atoms with van der Waals surface area (Å²) in [5, 5.41) is 3.38. The van der Waals surface area contributed by atoms with Crippen molar-refractivity contribution in [3.63, 3.8) is 0 Å². The van der Waals surface area contributed by atoms with Crippen molar-refractivity contribution in [2.75, 3.05) is 24.6 Å². The van der Waals surface area contributed by atoms with Gasteiger partial charge in [0.15, 0.2) is 0 Å². The Bertz CT molecular complexity index is 557. The lowest BCUT2D eigenvalue weighted by Gasteiger charge is -2.31. The molecule has 5 heteroatoms. The molecular weight excluding hydrogens is 296 g/mol. The van der Waals surface area contributed by atoms with Crippen LogP contribution in [0.1, 0.15) is 31.7 Å². The molecule has 22 heavy (non-hydrogen) atoms. The normalized spacial score (nSPS) is 19.3. The highest BCUT2D eigenvalue weighted by molar-refractivity contribution is 7.99. The molecule has 1 aliphatic carbocycles. The van der Waals surface area contributed by atoms with E-state index in [2.05, 4.69) is 0 Å². The number of rotatable bonds is 5. The van der Waals surface area contributed by atoms with E-state index < -0.39 is 0 Å². The van der Waals surface area contributed by atoms with Gasteiger partial charge in [-0.2, -0.15) is 11.8 Å². The van der Waals surface area contributed by atoms with Crippen LogP contribution in [0.15, 0.2) is 30.3 Å². The van der Waals surface area contributed by atoms with Crippen LogP contribution < -0.4 is 0 Å². The van der Waals surface area contributed by atoms with Crippen LogP contribution in [-0.4, -0.2) is 46.4 Å². The van der Waals surface area contributed by atoms with E-state index in [0.29, 0.717) is 18.8 Å². The molecule has 1 aliphatic heterocycles. The second-order valence-electron chi connectivity index (χ2n) is 5.88. The fourth-order valence-corrected chi connectivity index (χ4v) is 3.63. The Hall–Kier alpha value is -1.49. The number of carbonyl (C=O) groups is 2. The van der Waals surface area contributed by atoms with E-state index in [1.807, 2.05) is 37.3 Å². The summed E-state index contributed by atoms with van der Waals surface area (Å²) in [6.07, 6.45) is 2.65. The van der Waals surface area contributed by atoms with Gasteiger partial charge < -0.3 is 0 Å². The minimum absolute atomic E-state index is 0.0570. The van der Waals surface area contributed by atoms with Gasteiger partial charge in [-0.15, -0.1) is 0 Å². The van der Waals surface area contributed by atoms with Crippen molar-refractivity contribution in [2.24, 2.45) is 0 Å². The van der Waals surface area contributed by atoms with E-state index in [9.17, 15) is 9.59 Å². The molecule has 0 spiro atoms. The summed E-state index contributed by atoms with van der Waals surface area (Å²) in [5.74, 6) is 1.53. The predicted octanol–water partition coefficient (Wildman–Crippen LogP) is 2.45. The van der Waals surface area contributed by atoms with Gasteiger partial charge >= 0.3 is 0 Å². The molecule has 2 fully saturated rings. The maximum atomic E-state index is 13.0. The van der Waals surface area contributed by atoms with Gasteiger partial charge in [0.05, 0.1) is 11.2 Å². The third-order valence-electron chi connectivity index (χ3n) is 4.47. The number of hydrazine groups is 1. The Balaban J connectivity index is 1.75. The van der Waals surface area contributed by atoms with Crippen molar-refractivity contribution in [1.29, 1.82) is 0 Å². The lowest BCUT2D eigenvalue weighted by atomic mass is 9.95. The summed E-state index contributed by atoms with van der Waals surface area (Å²) in [7, 11) is 0. The zero-order valence-electron chi connectivity index (χ0n) is 13.0. The first-order valence-electron chi connectivity index (χ1n) is 7.94. The summed E-state index contributed by atoms with van der Waals surface area (Å²) in [4.78, 5) is 25.4. The fourth-order valence-electron chi connectivity index (χ4n) is 3.10. The van der Waals surface area contributed by atoms with Crippen LogP contribution in [0.4, 0.5) is 0 Å². The van der Waals surface area contributed by atoms with Gasteiger partial charge in [-0.05, 0) is 30.6 Å². The Labute approximate surface area is 135 Å². The quantitative estimate of drug-likeness (QED) is 0.837. The first kappa shape index (κ1) is 15.4. The highest BCUT2D eigenvalue weighted by Gasteiger charge is 2.54. The Kier molecular flexibility index (Phi) is 4.43. The van der Waals surface area contributed by atoms with Crippen molar-refractivity contribution in [2.45, 2.75) is 31.6 Å². The van der Waals surface area contributed by atoms with Crippen molar-refractivity contribution in [3.8, 4) is 0 Å². The lowest BCUT2D eigenvalue weighted by Crippen LogP contribution is -2.49. The first-order chi connectivity index (χ1) is 10.7. The van der Waals surface area contributed by atoms with Crippen LogP contribution in [0.3, 0.4) is 0 Å². The van der Waals surface area contributed by atoms with Gasteiger partial charge in [-0.3, -0.25) is 19.6 Å². The molecule has 0 unspecified atom stereocenters. The summed E-state index contributed by atoms with van der Waals surface area (Å²) in [5.41, 5.74) is 0.699. The van der Waals surface area contributed by atoms with Gasteiger partial charge in [-0.1, -0.05) is 37.3 Å². The van der Waals surface area contributed by atoms with E-state index in [0.717, 1.165) is 30.6 Å². The number of nitrogens with zero attached hydrogens (tertiary/aromatic N) is 2. The van der Waals surface area contributed by atoms with E-state index in [-0.39, 0.29) is 17.2 Å². The predicted molar refractivity (Wildman–Crippen MR) is 88.4 cm³/mol. The third kappa shape index (κ3) is 2.74. The summed E-state index contributed by atoms with van der Waals surface area (Å²) >= 11 is 1.61. The first-order valence-corrected chi connectivity index (χ1v) is 9.10. The Morgan fingerprint density at radius 1 is 1.14 bits per heavy atom. The average molecular weight is 318 g/mol. The average Bonchev–Trinajstić information content (AvgIpc) is 3.23. The minimum Gasteiger partial charge on any atom is -0.272 e. The van der Waals surface area contributed by atoms with E-state index in [1.165, 1.54) is 0 Å². The molecule has 1 aromatic rings. The zero-order chi connectivity index (χ0) is 15.6. The summed E-state index contributed by atoms with van der Waals surface area (Å²) < 4.78 is 0. The molecule has 1 aromatic carbocycles. The molecular formula is C17H22N2O2S. The standard InChI is InChI=1S/C17H22N2O2S/c1-2-22-13-15(20)18-11-6-12-19(18)16(21)17(9-10-17)14-7-4-3-5-8-14/h3-5,7-8H,2,6,9-13H2,1H3. The highest BCUT2D eigenvalue weighted by atomic mass is 32.2. The molecule has 1 saturated carbocycles. The maximum Gasteiger partial charge on any atom is 0.251 e. The van der Waals surface area contributed by atoms with Crippen LogP contribution >= 0.6 is 11.8 Å².